The van der Waals surface area contributed by atoms with E-state index in [9.17, 15) is 13.2 Å². The van der Waals surface area contributed by atoms with Crippen LogP contribution in [0.25, 0.3) is 0 Å². The standard InChI is InChI=1S/C20H18ClF3N4O/c1-12-19(21)16(26-13(2)25-12)5-3-4-14-6-8-15(9-7-14)29-18-11-10-17(27-28-18)20(22,23)24/h6-11H,3-5H2,1-2H3. The molecular formula is C20H18ClF3N4O. The molecule has 0 fully saturated rings. The summed E-state index contributed by atoms with van der Waals surface area (Å²) >= 11 is 6.26. The van der Waals surface area contributed by atoms with E-state index >= 15 is 0 Å². The van der Waals surface area contributed by atoms with Crippen LogP contribution in [-0.2, 0) is 19.0 Å². The molecule has 9 heteroatoms. The van der Waals surface area contributed by atoms with Gasteiger partial charge in [0.15, 0.2) is 5.69 Å². The second-order valence-electron chi connectivity index (χ2n) is 6.47. The Bertz CT molecular complexity index is 977. The van der Waals surface area contributed by atoms with Gasteiger partial charge in [0.2, 0.25) is 5.88 Å². The first-order valence-corrected chi connectivity index (χ1v) is 9.27. The first-order chi connectivity index (χ1) is 13.7. The largest absolute Gasteiger partial charge is 0.438 e. The molecule has 0 aliphatic rings. The molecule has 1 aromatic carbocycles. The molecule has 0 saturated heterocycles. The van der Waals surface area contributed by atoms with Gasteiger partial charge in [-0.3, -0.25) is 0 Å². The molecular weight excluding hydrogens is 405 g/mol. The van der Waals surface area contributed by atoms with Crippen LogP contribution in [0.3, 0.4) is 0 Å². The summed E-state index contributed by atoms with van der Waals surface area (Å²) in [6, 6.07) is 9.23. The van der Waals surface area contributed by atoms with Gasteiger partial charge in [-0.1, -0.05) is 23.7 Å². The van der Waals surface area contributed by atoms with Crippen molar-refractivity contribution in [1.82, 2.24) is 20.2 Å². The molecule has 0 aliphatic carbocycles. The molecule has 152 valence electrons. The van der Waals surface area contributed by atoms with Gasteiger partial charge in [0.25, 0.3) is 0 Å². The molecule has 0 saturated carbocycles. The van der Waals surface area contributed by atoms with Crippen molar-refractivity contribution in [3.63, 3.8) is 0 Å². The Morgan fingerprint density at radius 1 is 0.931 bits per heavy atom. The van der Waals surface area contributed by atoms with Crippen molar-refractivity contribution in [3.8, 4) is 11.6 Å². The topological polar surface area (TPSA) is 60.8 Å². The first-order valence-electron chi connectivity index (χ1n) is 8.89. The smallest absolute Gasteiger partial charge is 0.435 e. The normalized spacial score (nSPS) is 11.5. The molecule has 29 heavy (non-hydrogen) atoms. The Hall–Kier alpha value is -2.74. The zero-order chi connectivity index (χ0) is 21.0. The number of hydrogen-bond acceptors (Lipinski definition) is 5. The van der Waals surface area contributed by atoms with E-state index < -0.39 is 11.9 Å². The number of aromatic nitrogens is 4. The van der Waals surface area contributed by atoms with Crippen molar-refractivity contribution in [1.29, 1.82) is 0 Å². The summed E-state index contributed by atoms with van der Waals surface area (Å²) in [6.07, 6.45) is -2.11. The summed E-state index contributed by atoms with van der Waals surface area (Å²) in [5.41, 5.74) is 1.66. The molecule has 0 aliphatic heterocycles. The van der Waals surface area contributed by atoms with Crippen LogP contribution < -0.4 is 4.74 Å². The van der Waals surface area contributed by atoms with Gasteiger partial charge in [-0.2, -0.15) is 13.2 Å². The predicted molar refractivity (Wildman–Crippen MR) is 102 cm³/mol. The summed E-state index contributed by atoms with van der Waals surface area (Å²) in [5, 5.41) is 7.19. The van der Waals surface area contributed by atoms with Gasteiger partial charge in [0.1, 0.15) is 11.6 Å². The van der Waals surface area contributed by atoms with Crippen molar-refractivity contribution in [2.75, 3.05) is 0 Å². The summed E-state index contributed by atoms with van der Waals surface area (Å²) in [6.45, 7) is 3.70. The van der Waals surface area contributed by atoms with Gasteiger partial charge < -0.3 is 4.74 Å². The lowest BCUT2D eigenvalue weighted by Crippen LogP contribution is -2.08. The van der Waals surface area contributed by atoms with Crippen molar-refractivity contribution >= 4 is 11.6 Å². The number of halogens is 4. The Morgan fingerprint density at radius 2 is 1.66 bits per heavy atom. The van der Waals surface area contributed by atoms with E-state index in [4.69, 9.17) is 16.3 Å². The van der Waals surface area contributed by atoms with Crippen molar-refractivity contribution in [2.45, 2.75) is 39.3 Å². The SMILES string of the molecule is Cc1nc(C)c(Cl)c(CCCc2ccc(Oc3ccc(C(F)(F)F)nn3)cc2)n1. The maximum atomic E-state index is 12.5. The Kier molecular flexibility index (Phi) is 6.32. The zero-order valence-electron chi connectivity index (χ0n) is 15.8. The molecule has 0 amide bonds. The number of alkyl halides is 3. The van der Waals surface area contributed by atoms with Crippen LogP contribution in [0, 0.1) is 13.8 Å². The molecule has 0 radical (unpaired) electrons. The third kappa shape index (κ3) is 5.63. The lowest BCUT2D eigenvalue weighted by molar-refractivity contribution is -0.141. The average Bonchev–Trinajstić information content (AvgIpc) is 2.66. The van der Waals surface area contributed by atoms with Crippen molar-refractivity contribution < 1.29 is 17.9 Å². The maximum absolute atomic E-state index is 12.5. The lowest BCUT2D eigenvalue weighted by Gasteiger charge is -2.08. The number of benzene rings is 1. The van der Waals surface area contributed by atoms with Gasteiger partial charge in [0.05, 0.1) is 16.4 Å². The predicted octanol–water partition coefficient (Wildman–Crippen LogP) is 5.52. The number of hydrogen-bond donors (Lipinski definition) is 0. The fourth-order valence-corrected chi connectivity index (χ4v) is 2.95. The molecule has 3 aromatic rings. The minimum absolute atomic E-state index is 0.00473. The summed E-state index contributed by atoms with van der Waals surface area (Å²) in [4.78, 5) is 8.64. The molecule has 2 aromatic heterocycles. The van der Waals surface area contributed by atoms with Crippen molar-refractivity contribution in [3.05, 3.63) is 69.9 Å². The maximum Gasteiger partial charge on any atom is 0.435 e. The molecule has 0 bridgehead atoms. The third-order valence-electron chi connectivity index (χ3n) is 4.15. The minimum Gasteiger partial charge on any atom is -0.438 e. The van der Waals surface area contributed by atoms with E-state index in [2.05, 4.69) is 20.2 Å². The molecule has 0 unspecified atom stereocenters. The van der Waals surface area contributed by atoms with Crippen LogP contribution in [0.5, 0.6) is 11.6 Å². The van der Waals surface area contributed by atoms with E-state index in [0.717, 1.165) is 48.3 Å². The molecule has 3 rings (SSSR count). The third-order valence-corrected chi connectivity index (χ3v) is 4.64. The van der Waals surface area contributed by atoms with Crippen molar-refractivity contribution in [2.24, 2.45) is 0 Å². The Morgan fingerprint density at radius 3 is 2.28 bits per heavy atom. The number of ether oxygens (including phenoxy) is 1. The number of nitrogens with zero attached hydrogens (tertiary/aromatic N) is 4. The molecule has 0 atom stereocenters. The number of aryl methyl sites for hydroxylation is 4. The molecule has 2 heterocycles. The summed E-state index contributed by atoms with van der Waals surface area (Å²) < 4.78 is 43.0. The molecule has 0 N–H and O–H groups in total. The van der Waals surface area contributed by atoms with E-state index in [1.165, 1.54) is 0 Å². The molecule has 5 nitrogen and oxygen atoms in total. The highest BCUT2D eigenvalue weighted by molar-refractivity contribution is 6.31. The van der Waals surface area contributed by atoms with Crippen LogP contribution in [0.4, 0.5) is 13.2 Å². The second kappa shape index (κ2) is 8.73. The van der Waals surface area contributed by atoms with Gasteiger partial charge >= 0.3 is 6.18 Å². The highest BCUT2D eigenvalue weighted by Crippen LogP contribution is 2.28. The summed E-state index contributed by atoms with van der Waals surface area (Å²) in [7, 11) is 0. The highest BCUT2D eigenvalue weighted by atomic mass is 35.5. The van der Waals surface area contributed by atoms with Gasteiger partial charge in [-0.25, -0.2) is 9.97 Å². The monoisotopic (exact) mass is 422 g/mol. The molecule has 0 spiro atoms. The van der Waals surface area contributed by atoms with E-state index in [1.54, 1.807) is 12.1 Å². The van der Waals surface area contributed by atoms with Gasteiger partial charge in [-0.05, 0) is 56.9 Å². The number of rotatable bonds is 6. The van der Waals surface area contributed by atoms with Crippen LogP contribution in [0.15, 0.2) is 36.4 Å². The highest BCUT2D eigenvalue weighted by Gasteiger charge is 2.32. The van der Waals surface area contributed by atoms with Gasteiger partial charge in [0, 0.05) is 6.07 Å². The Labute approximate surface area is 170 Å². The zero-order valence-corrected chi connectivity index (χ0v) is 16.6. The second-order valence-corrected chi connectivity index (χ2v) is 6.85. The van der Waals surface area contributed by atoms with Crippen LogP contribution in [-0.4, -0.2) is 20.2 Å². The fraction of sp³-hybridized carbons (Fsp3) is 0.300. The quantitative estimate of drug-likeness (QED) is 0.523. The van der Waals surface area contributed by atoms with E-state index in [0.29, 0.717) is 16.6 Å². The van der Waals surface area contributed by atoms with Gasteiger partial charge in [-0.15, -0.1) is 10.2 Å². The average molecular weight is 423 g/mol. The van der Waals surface area contributed by atoms with E-state index in [-0.39, 0.29) is 5.88 Å². The van der Waals surface area contributed by atoms with E-state index in [1.807, 2.05) is 26.0 Å². The van der Waals surface area contributed by atoms with Crippen LogP contribution >= 0.6 is 11.6 Å². The van der Waals surface area contributed by atoms with Crippen LogP contribution in [0.2, 0.25) is 5.02 Å². The minimum atomic E-state index is -4.53. The van der Waals surface area contributed by atoms with Crippen LogP contribution in [0.1, 0.15) is 34.9 Å². The first kappa shape index (κ1) is 21.0. The lowest BCUT2D eigenvalue weighted by atomic mass is 10.1. The summed E-state index contributed by atoms with van der Waals surface area (Å²) in [5.74, 6) is 1.16. The Balaban J connectivity index is 1.55. The fourth-order valence-electron chi connectivity index (χ4n) is 2.77.